The molecule has 1 aliphatic rings. The molecule has 0 radical (unpaired) electrons. The molecule has 7 nitrogen and oxygen atoms in total. The highest BCUT2D eigenvalue weighted by Gasteiger charge is 2.25. The zero-order valence-corrected chi connectivity index (χ0v) is 19.8. The Hall–Kier alpha value is -2.77. The van der Waals surface area contributed by atoms with E-state index in [-0.39, 0.29) is 18.4 Å². The highest BCUT2D eigenvalue weighted by atomic mass is 35.5. The molecule has 2 aromatic rings. The summed E-state index contributed by atoms with van der Waals surface area (Å²) < 4.78 is 10.9. The summed E-state index contributed by atoms with van der Waals surface area (Å²) in [6, 6.07) is 9.14. The van der Waals surface area contributed by atoms with E-state index in [1.807, 2.05) is 39.0 Å². The average molecular weight is 460 g/mol. The van der Waals surface area contributed by atoms with Crippen molar-refractivity contribution < 1.29 is 19.1 Å². The van der Waals surface area contributed by atoms with Gasteiger partial charge in [0.1, 0.15) is 0 Å². The van der Waals surface area contributed by atoms with Crippen LogP contribution in [0.15, 0.2) is 30.3 Å². The summed E-state index contributed by atoms with van der Waals surface area (Å²) in [5, 5.41) is 3.33. The van der Waals surface area contributed by atoms with Crippen LogP contribution in [-0.4, -0.2) is 68.1 Å². The third-order valence-electron chi connectivity index (χ3n) is 5.67. The zero-order chi connectivity index (χ0) is 23.3. The predicted octanol–water partition coefficient (Wildman–Crippen LogP) is 3.76. The van der Waals surface area contributed by atoms with Crippen molar-refractivity contribution in [3.63, 3.8) is 0 Å². The molecular weight excluding hydrogens is 430 g/mol. The van der Waals surface area contributed by atoms with Gasteiger partial charge in [-0.1, -0.05) is 23.7 Å². The summed E-state index contributed by atoms with van der Waals surface area (Å²) in [6.45, 7) is 8.91. The molecule has 32 heavy (non-hydrogen) atoms. The van der Waals surface area contributed by atoms with Crippen LogP contribution >= 0.6 is 11.6 Å². The Morgan fingerprint density at radius 3 is 2.50 bits per heavy atom. The van der Waals surface area contributed by atoms with Gasteiger partial charge in [0.2, 0.25) is 5.91 Å². The number of aryl methyl sites for hydroxylation is 1. The number of anilines is 1. The van der Waals surface area contributed by atoms with Gasteiger partial charge in [-0.25, -0.2) is 0 Å². The molecule has 0 bridgehead atoms. The van der Waals surface area contributed by atoms with Crippen LogP contribution in [0.5, 0.6) is 11.5 Å². The SMILES string of the molecule is CCOc1c(Cl)cc(C(=O)N2CCN(CC(=O)Nc3cccc(C)c3C)CC2)cc1OC. The van der Waals surface area contributed by atoms with Crippen LogP contribution in [0.3, 0.4) is 0 Å². The molecule has 0 spiro atoms. The maximum atomic E-state index is 13.0. The second-order valence-corrected chi connectivity index (χ2v) is 8.19. The number of carbonyl (C=O) groups is 2. The molecule has 172 valence electrons. The summed E-state index contributed by atoms with van der Waals surface area (Å²) in [6.07, 6.45) is 0. The van der Waals surface area contributed by atoms with Gasteiger partial charge in [-0.15, -0.1) is 0 Å². The van der Waals surface area contributed by atoms with E-state index >= 15 is 0 Å². The van der Waals surface area contributed by atoms with Crippen molar-refractivity contribution in [3.05, 3.63) is 52.0 Å². The smallest absolute Gasteiger partial charge is 0.254 e. The second kappa shape index (κ2) is 10.7. The monoisotopic (exact) mass is 459 g/mol. The number of benzene rings is 2. The molecule has 0 aromatic heterocycles. The van der Waals surface area contributed by atoms with Crippen LogP contribution in [0.25, 0.3) is 0 Å². The third-order valence-corrected chi connectivity index (χ3v) is 5.95. The van der Waals surface area contributed by atoms with E-state index < -0.39 is 0 Å². The van der Waals surface area contributed by atoms with Crippen LogP contribution in [-0.2, 0) is 4.79 Å². The van der Waals surface area contributed by atoms with Crippen molar-refractivity contribution in [2.45, 2.75) is 20.8 Å². The van der Waals surface area contributed by atoms with Crippen molar-refractivity contribution in [2.75, 3.05) is 51.8 Å². The summed E-state index contributed by atoms with van der Waals surface area (Å²) in [5.41, 5.74) is 3.50. The fourth-order valence-corrected chi connectivity index (χ4v) is 3.96. The van der Waals surface area contributed by atoms with E-state index in [1.165, 1.54) is 7.11 Å². The lowest BCUT2D eigenvalue weighted by atomic mass is 10.1. The summed E-state index contributed by atoms with van der Waals surface area (Å²) in [5.74, 6) is 0.701. The summed E-state index contributed by atoms with van der Waals surface area (Å²) in [4.78, 5) is 29.3. The predicted molar refractivity (Wildman–Crippen MR) is 126 cm³/mol. The first-order valence-electron chi connectivity index (χ1n) is 10.7. The Balaban J connectivity index is 1.57. The highest BCUT2D eigenvalue weighted by molar-refractivity contribution is 6.32. The minimum absolute atomic E-state index is 0.0542. The molecule has 0 unspecified atom stereocenters. The van der Waals surface area contributed by atoms with Gasteiger partial charge in [0.05, 0.1) is 25.3 Å². The van der Waals surface area contributed by atoms with E-state index in [9.17, 15) is 9.59 Å². The normalized spacial score (nSPS) is 14.2. The van der Waals surface area contributed by atoms with E-state index in [0.717, 1.165) is 16.8 Å². The number of hydrogen-bond acceptors (Lipinski definition) is 5. The number of ether oxygens (including phenoxy) is 2. The number of hydrogen-bond donors (Lipinski definition) is 1. The van der Waals surface area contributed by atoms with Crippen LogP contribution in [0.4, 0.5) is 5.69 Å². The molecule has 0 aliphatic carbocycles. The number of rotatable bonds is 7. The van der Waals surface area contributed by atoms with Crippen molar-refractivity contribution in [3.8, 4) is 11.5 Å². The molecule has 1 heterocycles. The first kappa shape index (κ1) is 23.9. The highest BCUT2D eigenvalue weighted by Crippen LogP contribution is 2.36. The van der Waals surface area contributed by atoms with E-state index in [1.54, 1.807) is 17.0 Å². The Kier molecular flexibility index (Phi) is 7.99. The van der Waals surface area contributed by atoms with Crippen LogP contribution < -0.4 is 14.8 Å². The lowest BCUT2D eigenvalue weighted by Gasteiger charge is -2.34. The second-order valence-electron chi connectivity index (χ2n) is 7.79. The molecule has 0 saturated carbocycles. The molecule has 1 N–H and O–H groups in total. The summed E-state index contributed by atoms with van der Waals surface area (Å²) in [7, 11) is 1.52. The fraction of sp³-hybridized carbons (Fsp3) is 0.417. The minimum atomic E-state index is -0.118. The van der Waals surface area contributed by atoms with Crippen molar-refractivity contribution in [2.24, 2.45) is 0 Å². The first-order valence-corrected chi connectivity index (χ1v) is 11.1. The van der Waals surface area contributed by atoms with Gasteiger partial charge in [-0.3, -0.25) is 14.5 Å². The van der Waals surface area contributed by atoms with Gasteiger partial charge in [0.15, 0.2) is 11.5 Å². The van der Waals surface area contributed by atoms with Gasteiger partial charge in [-0.2, -0.15) is 0 Å². The molecule has 1 fully saturated rings. The van der Waals surface area contributed by atoms with Crippen molar-refractivity contribution >= 4 is 29.1 Å². The van der Waals surface area contributed by atoms with Crippen LogP contribution in [0, 0.1) is 13.8 Å². The van der Waals surface area contributed by atoms with Gasteiger partial charge in [-0.05, 0) is 50.1 Å². The lowest BCUT2D eigenvalue weighted by Crippen LogP contribution is -2.50. The Labute approximate surface area is 194 Å². The number of piperazine rings is 1. The standard InChI is InChI=1S/C24H30ClN3O4/c1-5-32-23-19(25)13-18(14-21(23)31-4)24(30)28-11-9-27(10-12-28)15-22(29)26-20-8-6-7-16(2)17(20)3/h6-8,13-14H,5,9-12,15H2,1-4H3,(H,26,29). The summed E-state index contributed by atoms with van der Waals surface area (Å²) >= 11 is 6.31. The molecule has 1 aliphatic heterocycles. The van der Waals surface area contributed by atoms with E-state index in [4.69, 9.17) is 21.1 Å². The molecular formula is C24H30ClN3O4. The van der Waals surface area contributed by atoms with Gasteiger partial charge in [0.25, 0.3) is 5.91 Å². The number of amides is 2. The molecule has 0 atom stereocenters. The topological polar surface area (TPSA) is 71.1 Å². The average Bonchev–Trinajstić information content (AvgIpc) is 2.78. The van der Waals surface area contributed by atoms with E-state index in [0.29, 0.717) is 54.9 Å². The third kappa shape index (κ3) is 5.53. The Bertz CT molecular complexity index is 987. The van der Waals surface area contributed by atoms with Gasteiger partial charge in [0, 0.05) is 37.4 Å². The molecule has 8 heteroatoms. The molecule has 3 rings (SSSR count). The zero-order valence-electron chi connectivity index (χ0n) is 19.0. The van der Waals surface area contributed by atoms with Crippen LogP contribution in [0.2, 0.25) is 5.02 Å². The molecule has 1 saturated heterocycles. The quantitative estimate of drug-likeness (QED) is 0.682. The van der Waals surface area contributed by atoms with Crippen LogP contribution in [0.1, 0.15) is 28.4 Å². The largest absolute Gasteiger partial charge is 0.493 e. The maximum absolute atomic E-state index is 13.0. The first-order chi connectivity index (χ1) is 15.3. The number of halogens is 1. The minimum Gasteiger partial charge on any atom is -0.493 e. The lowest BCUT2D eigenvalue weighted by molar-refractivity contribution is -0.117. The maximum Gasteiger partial charge on any atom is 0.254 e. The Morgan fingerprint density at radius 2 is 1.84 bits per heavy atom. The number of nitrogens with zero attached hydrogens (tertiary/aromatic N) is 2. The van der Waals surface area contributed by atoms with E-state index in [2.05, 4.69) is 10.2 Å². The number of nitrogens with one attached hydrogen (secondary N) is 1. The number of carbonyl (C=O) groups excluding carboxylic acids is 2. The van der Waals surface area contributed by atoms with Crippen molar-refractivity contribution in [1.82, 2.24) is 9.80 Å². The Morgan fingerprint density at radius 1 is 1.12 bits per heavy atom. The molecule has 2 aromatic carbocycles. The van der Waals surface area contributed by atoms with Gasteiger partial charge < -0.3 is 19.7 Å². The number of methoxy groups -OCH3 is 1. The van der Waals surface area contributed by atoms with Crippen molar-refractivity contribution in [1.29, 1.82) is 0 Å². The van der Waals surface area contributed by atoms with Gasteiger partial charge >= 0.3 is 0 Å². The fourth-order valence-electron chi connectivity index (χ4n) is 3.70. The molecule has 2 amide bonds.